The Labute approximate surface area is 174 Å². The Morgan fingerprint density at radius 2 is 1.54 bits per heavy atom. The second-order valence-corrected chi connectivity index (χ2v) is 8.48. The second kappa shape index (κ2) is 6.75. The van der Waals surface area contributed by atoms with Gasteiger partial charge in [-0.2, -0.15) is 0 Å². The first-order valence-corrected chi connectivity index (χ1v) is 10.4. The maximum absolute atomic E-state index is 5.14. The van der Waals surface area contributed by atoms with E-state index in [9.17, 15) is 0 Å². The quantitative estimate of drug-likeness (QED) is 0.483. The van der Waals surface area contributed by atoms with E-state index in [1.54, 1.807) is 0 Å². The molecule has 0 aromatic heterocycles. The number of hydrogen-bond donors (Lipinski definition) is 0. The van der Waals surface area contributed by atoms with Crippen molar-refractivity contribution in [3.05, 3.63) is 112 Å². The highest BCUT2D eigenvalue weighted by molar-refractivity contribution is 9.10. The Morgan fingerprint density at radius 3 is 2.21 bits per heavy atom. The molecule has 0 saturated carbocycles. The van der Waals surface area contributed by atoms with Crippen molar-refractivity contribution in [1.29, 1.82) is 0 Å². The molecule has 2 aliphatic rings. The fraction of sp³-hybridized carbons (Fsp3) is 0.160. The summed E-state index contributed by atoms with van der Waals surface area (Å²) in [5, 5.41) is 0. The maximum Gasteiger partial charge on any atom is 0.119 e. The standard InChI is InChI=1S/C25H21BrN2/c1-25(20-10-6-3-7-11-20)23(19-12-14-21(26)15-13-19)28-17-16-22(27-24(25)28)18-8-4-2-5-9-18/h2-16,23H,17H2,1H3/t23-,25+/m1/s1. The zero-order valence-electron chi connectivity index (χ0n) is 15.7. The molecule has 3 heteroatoms. The van der Waals surface area contributed by atoms with Crippen molar-refractivity contribution in [3.63, 3.8) is 0 Å². The molecule has 0 aliphatic carbocycles. The summed E-state index contributed by atoms with van der Waals surface area (Å²) in [5.74, 6) is 1.16. The summed E-state index contributed by atoms with van der Waals surface area (Å²) in [4.78, 5) is 7.57. The average Bonchev–Trinajstić information content (AvgIpc) is 2.76. The van der Waals surface area contributed by atoms with Crippen LogP contribution in [0.1, 0.15) is 29.7 Å². The smallest absolute Gasteiger partial charge is 0.119 e. The van der Waals surface area contributed by atoms with Gasteiger partial charge in [-0.3, -0.25) is 0 Å². The van der Waals surface area contributed by atoms with E-state index in [2.05, 4.69) is 113 Å². The zero-order valence-corrected chi connectivity index (χ0v) is 17.3. The molecule has 5 rings (SSSR count). The van der Waals surface area contributed by atoms with Crippen molar-refractivity contribution in [1.82, 2.24) is 4.90 Å². The fourth-order valence-corrected chi connectivity index (χ4v) is 4.79. The molecule has 0 N–H and O–H groups in total. The van der Waals surface area contributed by atoms with Crippen molar-refractivity contribution < 1.29 is 0 Å². The van der Waals surface area contributed by atoms with Gasteiger partial charge in [-0.15, -0.1) is 0 Å². The van der Waals surface area contributed by atoms with Crippen molar-refractivity contribution in [3.8, 4) is 0 Å². The van der Waals surface area contributed by atoms with Crippen LogP contribution in [0.3, 0.4) is 0 Å². The topological polar surface area (TPSA) is 15.6 Å². The Hall–Kier alpha value is -2.65. The molecule has 3 aromatic rings. The number of benzene rings is 3. The first-order chi connectivity index (χ1) is 13.7. The molecule has 1 fully saturated rings. The zero-order chi connectivity index (χ0) is 19.1. The van der Waals surface area contributed by atoms with Gasteiger partial charge >= 0.3 is 0 Å². The lowest BCUT2D eigenvalue weighted by Gasteiger charge is -2.59. The minimum Gasteiger partial charge on any atom is -0.347 e. The Morgan fingerprint density at radius 1 is 0.893 bits per heavy atom. The van der Waals surface area contributed by atoms with Gasteiger partial charge in [0.2, 0.25) is 0 Å². The highest BCUT2D eigenvalue weighted by Crippen LogP contribution is 2.53. The van der Waals surface area contributed by atoms with Crippen LogP contribution in [0.25, 0.3) is 5.70 Å². The number of nitrogens with zero attached hydrogens (tertiary/aromatic N) is 2. The van der Waals surface area contributed by atoms with Crippen molar-refractivity contribution in [2.24, 2.45) is 4.99 Å². The lowest BCUT2D eigenvalue weighted by molar-refractivity contribution is 0.167. The van der Waals surface area contributed by atoms with Gasteiger partial charge in [0, 0.05) is 11.0 Å². The summed E-state index contributed by atoms with van der Waals surface area (Å²) >= 11 is 3.56. The first-order valence-electron chi connectivity index (χ1n) is 9.60. The number of aliphatic imine (C=N–C) groups is 1. The SMILES string of the molecule is C[C@@]1(c2ccccc2)C2=NC(c3ccccc3)=CCN2[C@@H]1c1ccc(Br)cc1. The van der Waals surface area contributed by atoms with Crippen LogP contribution < -0.4 is 0 Å². The molecule has 2 aliphatic heterocycles. The van der Waals surface area contributed by atoms with E-state index in [0.717, 1.165) is 22.6 Å². The third-order valence-corrected chi connectivity index (χ3v) is 6.46. The van der Waals surface area contributed by atoms with E-state index < -0.39 is 0 Å². The van der Waals surface area contributed by atoms with E-state index in [1.807, 2.05) is 6.07 Å². The van der Waals surface area contributed by atoms with Crippen LogP contribution in [0.5, 0.6) is 0 Å². The van der Waals surface area contributed by atoms with E-state index in [0.29, 0.717) is 0 Å². The first kappa shape index (κ1) is 17.4. The molecule has 2 heterocycles. The number of rotatable bonds is 3. The van der Waals surface area contributed by atoms with Crippen molar-refractivity contribution in [2.45, 2.75) is 18.4 Å². The number of amidine groups is 1. The van der Waals surface area contributed by atoms with Gasteiger partial charge in [0.25, 0.3) is 0 Å². The van der Waals surface area contributed by atoms with Crippen LogP contribution >= 0.6 is 15.9 Å². The molecule has 138 valence electrons. The summed E-state index contributed by atoms with van der Waals surface area (Å²) in [7, 11) is 0. The Kier molecular flexibility index (Phi) is 4.21. The highest BCUT2D eigenvalue weighted by atomic mass is 79.9. The molecule has 2 nitrogen and oxygen atoms in total. The lowest BCUT2D eigenvalue weighted by Crippen LogP contribution is -2.65. The van der Waals surface area contributed by atoms with Gasteiger partial charge in [0.15, 0.2) is 0 Å². The van der Waals surface area contributed by atoms with Crippen LogP contribution in [0.2, 0.25) is 0 Å². The van der Waals surface area contributed by atoms with Gasteiger partial charge < -0.3 is 4.90 Å². The third-order valence-electron chi connectivity index (χ3n) is 5.93. The predicted molar refractivity (Wildman–Crippen MR) is 119 cm³/mol. The molecule has 2 atom stereocenters. The number of fused-ring (bicyclic) bond motifs is 1. The molecule has 1 saturated heterocycles. The summed E-state index contributed by atoms with van der Waals surface area (Å²) in [5.41, 5.74) is 4.74. The van der Waals surface area contributed by atoms with Gasteiger partial charge in [-0.05, 0) is 41.8 Å². The van der Waals surface area contributed by atoms with Gasteiger partial charge in [-0.1, -0.05) is 88.7 Å². The molecule has 0 bridgehead atoms. The second-order valence-electron chi connectivity index (χ2n) is 7.57. The normalized spacial score (nSPS) is 23.4. The van der Waals surface area contributed by atoms with Crippen LogP contribution in [0.4, 0.5) is 0 Å². The molecule has 3 aromatic carbocycles. The van der Waals surface area contributed by atoms with Crippen molar-refractivity contribution in [2.75, 3.05) is 6.54 Å². The molecular weight excluding hydrogens is 408 g/mol. The highest BCUT2D eigenvalue weighted by Gasteiger charge is 2.57. The molecule has 28 heavy (non-hydrogen) atoms. The van der Waals surface area contributed by atoms with E-state index in [4.69, 9.17) is 4.99 Å². The number of halogens is 1. The van der Waals surface area contributed by atoms with Gasteiger partial charge in [0.05, 0.1) is 17.2 Å². The van der Waals surface area contributed by atoms with Gasteiger partial charge in [0.1, 0.15) is 5.84 Å². The monoisotopic (exact) mass is 428 g/mol. The largest absolute Gasteiger partial charge is 0.347 e. The molecule has 0 spiro atoms. The van der Waals surface area contributed by atoms with Crippen LogP contribution in [-0.4, -0.2) is 17.3 Å². The molecular formula is C25H21BrN2. The Balaban J connectivity index is 1.61. The van der Waals surface area contributed by atoms with Gasteiger partial charge in [-0.25, -0.2) is 4.99 Å². The predicted octanol–water partition coefficient (Wildman–Crippen LogP) is 6.22. The summed E-state index contributed by atoms with van der Waals surface area (Å²) in [6, 6.07) is 30.2. The minimum absolute atomic E-state index is 0.149. The van der Waals surface area contributed by atoms with Crippen molar-refractivity contribution >= 4 is 27.5 Å². The maximum atomic E-state index is 5.14. The molecule has 0 radical (unpaired) electrons. The molecule has 0 unspecified atom stereocenters. The molecule has 0 amide bonds. The average molecular weight is 429 g/mol. The number of hydrogen-bond acceptors (Lipinski definition) is 2. The third kappa shape index (κ3) is 2.65. The summed E-state index contributed by atoms with van der Waals surface area (Å²) in [6.45, 7) is 3.21. The van der Waals surface area contributed by atoms with E-state index in [-0.39, 0.29) is 11.5 Å². The summed E-state index contributed by atoms with van der Waals surface area (Å²) < 4.78 is 1.11. The van der Waals surface area contributed by atoms with E-state index in [1.165, 1.54) is 16.7 Å². The lowest BCUT2D eigenvalue weighted by atomic mass is 9.64. The Bertz CT molecular complexity index is 1050. The van der Waals surface area contributed by atoms with Crippen LogP contribution in [0.15, 0.2) is 100 Å². The van der Waals surface area contributed by atoms with Crippen LogP contribution in [0, 0.1) is 0 Å². The minimum atomic E-state index is -0.149. The fourth-order valence-electron chi connectivity index (χ4n) is 4.53. The van der Waals surface area contributed by atoms with E-state index >= 15 is 0 Å². The van der Waals surface area contributed by atoms with Crippen LogP contribution in [-0.2, 0) is 5.41 Å². The summed E-state index contributed by atoms with van der Waals surface area (Å²) in [6.07, 6.45) is 2.25.